The van der Waals surface area contributed by atoms with E-state index in [4.69, 9.17) is 0 Å². The molecular weight excluding hydrogens is 785 g/mol. The quantitative estimate of drug-likeness (QED) is 0.129. The highest BCUT2D eigenvalue weighted by Gasteiger charge is 2.48. The van der Waals surface area contributed by atoms with Crippen LogP contribution in [0.5, 0.6) is 23.0 Å². The molecule has 2 saturated carbocycles. The maximum atomic E-state index is 9.99. The summed E-state index contributed by atoms with van der Waals surface area (Å²) in [7, 11) is 0. The molecule has 0 bridgehead atoms. The molecule has 64 heavy (non-hydrogen) atoms. The lowest BCUT2D eigenvalue weighted by molar-refractivity contribution is 0.0364. The molecule has 0 heterocycles. The number of rotatable bonds is 7. The van der Waals surface area contributed by atoms with Crippen LogP contribution in [0.3, 0.4) is 0 Å². The molecule has 0 aromatic heterocycles. The standard InChI is InChI=1S/C39H44O4.C19H18.C2H6/c1-37(2,27-19-23-38(24-20-27,29-3-11-33(40)12-4-29)30-5-13-34(41)14-6-30)28-21-25-39(26-22-28,31-7-15-35(42)16-8-31)32-9-17-36(43)18-10-32;1-12(2)16-10-8-15-7-6-13-4-3-5-14-9-11-17(16)19(15)18(13)14;1-2/h3-18,27-28,40-43H,19-26H2,1-2H3;3,5-6,8-12H,4,7H2,1-2H3;1-2H3. The Morgan fingerprint density at radius 2 is 0.922 bits per heavy atom. The number of benzene rings is 6. The van der Waals surface area contributed by atoms with Crippen LogP contribution < -0.4 is 0 Å². The zero-order chi connectivity index (χ0) is 45.2. The lowest BCUT2D eigenvalue weighted by Crippen LogP contribution is -2.43. The van der Waals surface area contributed by atoms with Gasteiger partial charge in [-0.1, -0.05) is 133 Å². The smallest absolute Gasteiger partial charge is 0.115 e. The Bertz CT molecular complexity index is 2380. The molecule has 10 rings (SSSR count). The zero-order valence-electron chi connectivity index (χ0n) is 38.9. The van der Waals surface area contributed by atoms with E-state index in [1.54, 1.807) is 48.5 Å². The molecule has 4 heteroatoms. The summed E-state index contributed by atoms with van der Waals surface area (Å²) in [5.74, 6) is 2.93. The van der Waals surface area contributed by atoms with Gasteiger partial charge in [-0.05, 0) is 197 Å². The third-order valence-electron chi connectivity index (χ3n) is 15.9. The van der Waals surface area contributed by atoms with E-state index in [-0.39, 0.29) is 39.2 Å². The molecule has 0 saturated heterocycles. The number of phenols is 4. The molecule has 332 valence electrons. The highest BCUT2D eigenvalue weighted by molar-refractivity contribution is 6.04. The van der Waals surface area contributed by atoms with Gasteiger partial charge in [0, 0.05) is 10.8 Å². The van der Waals surface area contributed by atoms with Crippen LogP contribution in [-0.2, 0) is 17.3 Å². The molecule has 0 radical (unpaired) electrons. The monoisotopic (exact) mass is 853 g/mol. The van der Waals surface area contributed by atoms with Crippen molar-refractivity contribution in [3.05, 3.63) is 178 Å². The number of hydrogen-bond donors (Lipinski definition) is 4. The summed E-state index contributed by atoms with van der Waals surface area (Å²) >= 11 is 0. The predicted octanol–water partition coefficient (Wildman–Crippen LogP) is 15.5. The summed E-state index contributed by atoms with van der Waals surface area (Å²) in [5.41, 5.74) is 12.3. The van der Waals surface area contributed by atoms with Crippen LogP contribution in [0.25, 0.3) is 22.4 Å². The molecule has 4 nitrogen and oxygen atoms in total. The summed E-state index contributed by atoms with van der Waals surface area (Å²) in [4.78, 5) is 0. The van der Waals surface area contributed by atoms with Crippen molar-refractivity contribution in [2.24, 2.45) is 17.3 Å². The van der Waals surface area contributed by atoms with Gasteiger partial charge in [0.15, 0.2) is 0 Å². The van der Waals surface area contributed by atoms with E-state index in [1.165, 1.54) is 60.9 Å². The molecule has 0 atom stereocenters. The minimum Gasteiger partial charge on any atom is -0.508 e. The summed E-state index contributed by atoms with van der Waals surface area (Å²) < 4.78 is 0. The maximum Gasteiger partial charge on any atom is 0.115 e. The fourth-order valence-electron chi connectivity index (χ4n) is 12.2. The van der Waals surface area contributed by atoms with Crippen LogP contribution in [-0.4, -0.2) is 20.4 Å². The first-order chi connectivity index (χ1) is 30.9. The van der Waals surface area contributed by atoms with Crippen LogP contribution in [0.1, 0.15) is 150 Å². The van der Waals surface area contributed by atoms with Gasteiger partial charge in [-0.2, -0.15) is 0 Å². The number of hydrogen-bond acceptors (Lipinski definition) is 4. The van der Waals surface area contributed by atoms with Gasteiger partial charge in [0.25, 0.3) is 0 Å². The van der Waals surface area contributed by atoms with Crippen LogP contribution in [0.15, 0.2) is 133 Å². The van der Waals surface area contributed by atoms with Crippen LogP contribution in [0, 0.1) is 17.3 Å². The first-order valence-electron chi connectivity index (χ1n) is 24.0. The van der Waals surface area contributed by atoms with Crippen molar-refractivity contribution in [3.8, 4) is 23.0 Å². The molecule has 0 amide bonds. The Labute approximate surface area is 382 Å². The lowest BCUT2D eigenvalue weighted by atomic mass is 9.53. The van der Waals surface area contributed by atoms with Gasteiger partial charge in [0.2, 0.25) is 0 Å². The van der Waals surface area contributed by atoms with Gasteiger partial charge in [-0.25, -0.2) is 0 Å². The normalized spacial score (nSPS) is 17.8. The highest BCUT2D eigenvalue weighted by atomic mass is 16.3. The fraction of sp³-hybridized carbons (Fsp3) is 0.367. The van der Waals surface area contributed by atoms with E-state index in [1.807, 2.05) is 13.8 Å². The second kappa shape index (κ2) is 18.4. The first-order valence-corrected chi connectivity index (χ1v) is 24.0. The first kappa shape index (κ1) is 44.9. The number of allylic oxidation sites excluding steroid dienone is 3. The minimum atomic E-state index is -0.132. The summed E-state index contributed by atoms with van der Waals surface area (Å²) in [5, 5.41) is 42.9. The third kappa shape index (κ3) is 8.37. The molecule has 2 fully saturated rings. The van der Waals surface area contributed by atoms with Crippen molar-refractivity contribution < 1.29 is 20.4 Å². The molecular formula is C60H68O4. The second-order valence-corrected chi connectivity index (χ2v) is 19.7. The van der Waals surface area contributed by atoms with E-state index in [0.717, 1.165) is 64.2 Å². The van der Waals surface area contributed by atoms with Gasteiger partial charge < -0.3 is 20.4 Å². The predicted molar refractivity (Wildman–Crippen MR) is 266 cm³/mol. The molecule has 6 aromatic carbocycles. The molecule has 0 aliphatic heterocycles. The van der Waals surface area contributed by atoms with E-state index in [0.29, 0.717) is 17.8 Å². The van der Waals surface area contributed by atoms with Crippen LogP contribution >= 0.6 is 0 Å². The van der Waals surface area contributed by atoms with E-state index in [9.17, 15) is 20.4 Å². The zero-order valence-corrected chi connectivity index (χ0v) is 38.9. The Hall–Kier alpha value is -5.74. The summed E-state index contributed by atoms with van der Waals surface area (Å²) in [6.45, 7) is 13.6. The van der Waals surface area contributed by atoms with Gasteiger partial charge in [0.05, 0.1) is 0 Å². The molecule has 0 spiro atoms. The van der Waals surface area contributed by atoms with E-state index in [2.05, 4.69) is 119 Å². The average molecular weight is 853 g/mol. The number of phenolic OH excluding ortho intramolecular Hbond substituents is 4. The van der Waals surface area contributed by atoms with Crippen molar-refractivity contribution >= 4 is 22.4 Å². The molecule has 4 aliphatic rings. The Kier molecular flexibility index (Phi) is 12.9. The van der Waals surface area contributed by atoms with Gasteiger partial charge in [0.1, 0.15) is 23.0 Å². The van der Waals surface area contributed by atoms with Gasteiger partial charge in [-0.3, -0.25) is 0 Å². The minimum absolute atomic E-state index is 0.132. The van der Waals surface area contributed by atoms with Crippen molar-refractivity contribution in [3.63, 3.8) is 0 Å². The maximum absolute atomic E-state index is 9.99. The van der Waals surface area contributed by atoms with Crippen molar-refractivity contribution in [2.75, 3.05) is 0 Å². The summed E-state index contributed by atoms with van der Waals surface area (Å²) in [6.07, 6.45) is 17.8. The molecule has 0 unspecified atom stereocenters. The summed E-state index contributed by atoms with van der Waals surface area (Å²) in [6, 6.07) is 40.2. The molecule has 4 N–H and O–H groups in total. The third-order valence-corrected chi connectivity index (χ3v) is 15.9. The Balaban J connectivity index is 0.000000220. The van der Waals surface area contributed by atoms with Crippen LogP contribution in [0.4, 0.5) is 0 Å². The van der Waals surface area contributed by atoms with Crippen LogP contribution in [0.2, 0.25) is 0 Å². The van der Waals surface area contributed by atoms with E-state index < -0.39 is 0 Å². The second-order valence-electron chi connectivity index (χ2n) is 19.7. The number of aromatic hydroxyl groups is 4. The van der Waals surface area contributed by atoms with Gasteiger partial charge in [-0.15, -0.1) is 0 Å². The molecule has 4 aliphatic carbocycles. The molecule has 6 aromatic rings. The van der Waals surface area contributed by atoms with Gasteiger partial charge >= 0.3 is 0 Å². The SMILES string of the molecule is CC.CC(C)(C1CCC(c2ccc(O)cc2)(c2ccc(O)cc2)CC1)C1CCC(c2ccc(O)cc2)(c2ccc(O)cc2)CC1.CC(C)c1ccc2c3c4c(ccc13)C=CCC4=CC2. The Morgan fingerprint density at radius 1 is 0.516 bits per heavy atom. The topological polar surface area (TPSA) is 80.9 Å². The largest absolute Gasteiger partial charge is 0.508 e. The average Bonchev–Trinajstić information content (AvgIpc) is 3.32. The fourth-order valence-corrected chi connectivity index (χ4v) is 12.2. The van der Waals surface area contributed by atoms with Crippen molar-refractivity contribution in [1.82, 2.24) is 0 Å². The lowest BCUT2D eigenvalue weighted by Gasteiger charge is -2.51. The highest BCUT2D eigenvalue weighted by Crippen LogP contribution is 2.57. The Morgan fingerprint density at radius 3 is 1.31 bits per heavy atom. The van der Waals surface area contributed by atoms with E-state index >= 15 is 0 Å². The van der Waals surface area contributed by atoms with Crippen molar-refractivity contribution in [1.29, 1.82) is 0 Å². The van der Waals surface area contributed by atoms with Crippen molar-refractivity contribution in [2.45, 2.75) is 122 Å².